The molecule has 0 unspecified atom stereocenters. The fourth-order valence-electron chi connectivity index (χ4n) is 3.79. The quantitative estimate of drug-likeness (QED) is 0.867. The van der Waals surface area contributed by atoms with E-state index in [1.807, 2.05) is 0 Å². The summed E-state index contributed by atoms with van der Waals surface area (Å²) in [6.45, 7) is 2.52. The van der Waals surface area contributed by atoms with Gasteiger partial charge < -0.3 is 5.32 Å². The molecule has 1 N–H and O–H groups in total. The molecule has 2 aliphatic rings. The maximum atomic E-state index is 13.0. The molecule has 1 heterocycles. The minimum Gasteiger partial charge on any atom is -0.352 e. The van der Waals surface area contributed by atoms with E-state index in [-0.39, 0.29) is 22.8 Å². The lowest BCUT2D eigenvalue weighted by Crippen LogP contribution is -2.50. The van der Waals surface area contributed by atoms with E-state index in [4.69, 9.17) is 11.6 Å². The van der Waals surface area contributed by atoms with Gasteiger partial charge in [0.05, 0.1) is 4.90 Å². The zero-order chi connectivity index (χ0) is 18.0. The number of hydrogen-bond donors (Lipinski definition) is 1. The Balaban J connectivity index is 1.71. The summed E-state index contributed by atoms with van der Waals surface area (Å²) < 4.78 is 27.5. The Kier molecular flexibility index (Phi) is 5.71. The van der Waals surface area contributed by atoms with Crippen LogP contribution in [0.2, 0.25) is 5.02 Å². The fourth-order valence-corrected chi connectivity index (χ4v) is 5.79. The number of halogens is 1. The third kappa shape index (κ3) is 4.01. The van der Waals surface area contributed by atoms with Crippen molar-refractivity contribution in [2.75, 3.05) is 13.1 Å². The van der Waals surface area contributed by atoms with Gasteiger partial charge in [-0.25, -0.2) is 8.42 Å². The molecule has 2 fully saturated rings. The van der Waals surface area contributed by atoms with Gasteiger partial charge in [0.2, 0.25) is 15.9 Å². The molecule has 1 aliphatic carbocycles. The summed E-state index contributed by atoms with van der Waals surface area (Å²) in [4.78, 5) is 12.6. The Labute approximate surface area is 154 Å². The number of sulfonamides is 1. The smallest absolute Gasteiger partial charge is 0.243 e. The van der Waals surface area contributed by atoms with E-state index >= 15 is 0 Å². The predicted octanol–water partition coefficient (Wildman–Crippen LogP) is 3.11. The molecule has 1 atom stereocenters. The number of hydrogen-bond acceptors (Lipinski definition) is 3. The highest BCUT2D eigenvalue weighted by Gasteiger charge is 2.33. The zero-order valence-corrected chi connectivity index (χ0v) is 16.1. The third-order valence-corrected chi connectivity index (χ3v) is 7.71. The van der Waals surface area contributed by atoms with Crippen LogP contribution in [0.3, 0.4) is 0 Å². The summed E-state index contributed by atoms with van der Waals surface area (Å²) in [5.74, 6) is 0.183. The van der Waals surface area contributed by atoms with Crippen LogP contribution in [0.1, 0.15) is 44.1 Å². The van der Waals surface area contributed by atoms with Crippen molar-refractivity contribution in [3.05, 3.63) is 28.8 Å². The largest absolute Gasteiger partial charge is 0.352 e. The van der Waals surface area contributed by atoms with E-state index in [0.29, 0.717) is 23.7 Å². The zero-order valence-electron chi connectivity index (χ0n) is 14.5. The number of piperidine rings is 1. The fraction of sp³-hybridized carbons (Fsp3) is 0.611. The van der Waals surface area contributed by atoms with E-state index in [1.54, 1.807) is 25.1 Å². The number of nitrogens with zero attached hydrogens (tertiary/aromatic N) is 1. The van der Waals surface area contributed by atoms with Crippen molar-refractivity contribution in [2.24, 2.45) is 5.92 Å². The molecule has 0 spiro atoms. The van der Waals surface area contributed by atoms with Crippen molar-refractivity contribution in [1.82, 2.24) is 9.62 Å². The summed E-state index contributed by atoms with van der Waals surface area (Å²) in [5, 5.41) is 3.52. The van der Waals surface area contributed by atoms with E-state index in [2.05, 4.69) is 5.32 Å². The van der Waals surface area contributed by atoms with Crippen LogP contribution in [0.5, 0.6) is 0 Å². The van der Waals surface area contributed by atoms with Crippen LogP contribution in [0.25, 0.3) is 0 Å². The SMILES string of the molecule is Cc1c(Cl)cccc1S(=O)(=O)N1CCC[C@H](NC(=O)C2CCCC2)C1. The minimum absolute atomic E-state index is 0.0840. The molecule has 25 heavy (non-hydrogen) atoms. The normalized spacial score (nSPS) is 22.9. The van der Waals surface area contributed by atoms with Gasteiger partial charge in [-0.1, -0.05) is 30.5 Å². The number of carbonyl (C=O) groups excluding carboxylic acids is 1. The van der Waals surface area contributed by atoms with Crippen LogP contribution in [0.4, 0.5) is 0 Å². The van der Waals surface area contributed by atoms with E-state index in [9.17, 15) is 13.2 Å². The van der Waals surface area contributed by atoms with Gasteiger partial charge in [0, 0.05) is 30.1 Å². The van der Waals surface area contributed by atoms with Crippen molar-refractivity contribution in [3.63, 3.8) is 0 Å². The number of amides is 1. The molecular formula is C18H25ClN2O3S. The first-order valence-electron chi connectivity index (χ1n) is 8.95. The Hall–Kier alpha value is -1.11. The second-order valence-corrected chi connectivity index (χ2v) is 9.37. The molecule has 0 aromatic heterocycles. The second kappa shape index (κ2) is 7.64. The first-order valence-corrected chi connectivity index (χ1v) is 10.8. The van der Waals surface area contributed by atoms with Crippen LogP contribution < -0.4 is 5.32 Å². The molecule has 138 valence electrons. The van der Waals surface area contributed by atoms with Gasteiger partial charge in [0.1, 0.15) is 0 Å². The van der Waals surface area contributed by atoms with Gasteiger partial charge in [0.25, 0.3) is 0 Å². The summed E-state index contributed by atoms with van der Waals surface area (Å²) in [6.07, 6.45) is 5.67. The Bertz CT molecular complexity index is 745. The van der Waals surface area contributed by atoms with Crippen molar-refractivity contribution >= 4 is 27.5 Å². The lowest BCUT2D eigenvalue weighted by Gasteiger charge is -2.33. The molecule has 1 saturated heterocycles. The van der Waals surface area contributed by atoms with Crippen LogP contribution in [0.15, 0.2) is 23.1 Å². The van der Waals surface area contributed by atoms with Crippen molar-refractivity contribution < 1.29 is 13.2 Å². The van der Waals surface area contributed by atoms with Gasteiger partial charge in [0.15, 0.2) is 0 Å². The molecule has 1 aromatic rings. The van der Waals surface area contributed by atoms with Gasteiger partial charge in [-0.2, -0.15) is 4.31 Å². The monoisotopic (exact) mass is 384 g/mol. The summed E-state index contributed by atoms with van der Waals surface area (Å²) in [5.41, 5.74) is 0.571. The highest BCUT2D eigenvalue weighted by Crippen LogP contribution is 2.28. The van der Waals surface area contributed by atoms with E-state index < -0.39 is 10.0 Å². The number of nitrogens with one attached hydrogen (secondary N) is 1. The standard InChI is InChI=1S/C18H25ClN2O3S/c1-13-16(19)9-4-10-17(13)25(23,24)21-11-5-8-15(12-21)20-18(22)14-6-2-3-7-14/h4,9-10,14-15H,2-3,5-8,11-12H2,1H3,(H,20,22)/t15-/m0/s1. The van der Waals surface area contributed by atoms with Crippen LogP contribution in [0, 0.1) is 12.8 Å². The number of rotatable bonds is 4. The Morgan fingerprint density at radius 3 is 2.64 bits per heavy atom. The minimum atomic E-state index is -3.61. The third-order valence-electron chi connectivity index (χ3n) is 5.29. The van der Waals surface area contributed by atoms with Crippen molar-refractivity contribution in [1.29, 1.82) is 0 Å². The summed E-state index contributed by atoms with van der Waals surface area (Å²) in [6, 6.07) is 4.83. The Morgan fingerprint density at radius 2 is 1.92 bits per heavy atom. The van der Waals surface area contributed by atoms with Gasteiger partial charge >= 0.3 is 0 Å². The molecule has 1 aromatic carbocycles. The van der Waals surface area contributed by atoms with Crippen LogP contribution in [-0.2, 0) is 14.8 Å². The number of benzene rings is 1. The lowest BCUT2D eigenvalue weighted by atomic mass is 10.0. The van der Waals surface area contributed by atoms with Crippen molar-refractivity contribution in [3.8, 4) is 0 Å². The van der Waals surface area contributed by atoms with Gasteiger partial charge in [-0.3, -0.25) is 4.79 Å². The molecule has 1 amide bonds. The topological polar surface area (TPSA) is 66.5 Å². The molecule has 7 heteroatoms. The van der Waals surface area contributed by atoms with Gasteiger partial charge in [-0.15, -0.1) is 0 Å². The highest BCUT2D eigenvalue weighted by molar-refractivity contribution is 7.89. The summed E-state index contributed by atoms with van der Waals surface area (Å²) in [7, 11) is -3.61. The first kappa shape index (κ1) is 18.7. The predicted molar refractivity (Wildman–Crippen MR) is 98.1 cm³/mol. The molecule has 0 radical (unpaired) electrons. The number of carbonyl (C=O) groups is 1. The van der Waals surface area contributed by atoms with E-state index in [0.717, 1.165) is 38.5 Å². The molecule has 3 rings (SSSR count). The lowest BCUT2D eigenvalue weighted by molar-refractivity contribution is -0.125. The maximum Gasteiger partial charge on any atom is 0.243 e. The van der Waals surface area contributed by atoms with Crippen LogP contribution in [-0.4, -0.2) is 37.8 Å². The first-order chi connectivity index (χ1) is 11.9. The second-order valence-electron chi connectivity index (χ2n) is 7.06. The molecule has 5 nitrogen and oxygen atoms in total. The molecule has 0 bridgehead atoms. The highest BCUT2D eigenvalue weighted by atomic mass is 35.5. The molecular weight excluding hydrogens is 360 g/mol. The summed E-state index contributed by atoms with van der Waals surface area (Å²) >= 11 is 6.09. The molecule has 1 aliphatic heterocycles. The molecule has 1 saturated carbocycles. The van der Waals surface area contributed by atoms with E-state index in [1.165, 1.54) is 4.31 Å². The average molecular weight is 385 g/mol. The van der Waals surface area contributed by atoms with Crippen molar-refractivity contribution in [2.45, 2.75) is 56.4 Å². The maximum absolute atomic E-state index is 13.0. The van der Waals surface area contributed by atoms with Gasteiger partial charge in [-0.05, 0) is 50.3 Å². The van der Waals surface area contributed by atoms with Crippen LogP contribution >= 0.6 is 11.6 Å². The Morgan fingerprint density at radius 1 is 1.20 bits per heavy atom. The average Bonchev–Trinajstić information content (AvgIpc) is 3.12.